The molecule has 5 rings (SSSR count). The van der Waals surface area contributed by atoms with Crippen molar-refractivity contribution in [1.82, 2.24) is 15.3 Å². The molecule has 34 heavy (non-hydrogen) atoms. The van der Waals surface area contributed by atoms with E-state index in [0.717, 1.165) is 27.6 Å². The molecule has 2 N–H and O–H groups in total. The van der Waals surface area contributed by atoms with Crippen molar-refractivity contribution in [2.45, 2.75) is 6.92 Å². The molecular weight excluding hydrogens is 448 g/mol. The summed E-state index contributed by atoms with van der Waals surface area (Å²) in [5.41, 5.74) is 3.98. The van der Waals surface area contributed by atoms with Gasteiger partial charge in [-0.05, 0) is 71.9 Å². The van der Waals surface area contributed by atoms with Gasteiger partial charge in [-0.15, -0.1) is 0 Å². The first-order valence-electron chi connectivity index (χ1n) is 10.5. The van der Waals surface area contributed by atoms with Gasteiger partial charge in [-0.25, -0.2) is 4.98 Å². The Kier molecular flexibility index (Phi) is 5.65. The molecule has 3 aromatic carbocycles. The van der Waals surface area contributed by atoms with Gasteiger partial charge in [0, 0.05) is 17.4 Å². The molecule has 0 aliphatic carbocycles. The van der Waals surface area contributed by atoms with Gasteiger partial charge in [0.05, 0.1) is 12.7 Å². The van der Waals surface area contributed by atoms with Crippen LogP contribution in [0.4, 0.5) is 5.69 Å². The van der Waals surface area contributed by atoms with Gasteiger partial charge < -0.3 is 14.5 Å². The second kappa shape index (κ2) is 8.92. The number of rotatable bonds is 4. The van der Waals surface area contributed by atoms with Gasteiger partial charge in [-0.3, -0.25) is 10.1 Å². The number of methoxy groups -OCH3 is 1. The maximum absolute atomic E-state index is 13.0. The smallest absolute Gasteiger partial charge is 0.261 e. The summed E-state index contributed by atoms with van der Waals surface area (Å²) in [5, 5.41) is 7.93. The van der Waals surface area contributed by atoms with E-state index in [1.54, 1.807) is 18.3 Å². The number of pyridine rings is 1. The van der Waals surface area contributed by atoms with Crippen LogP contribution in [0.15, 0.2) is 77.3 Å². The van der Waals surface area contributed by atoms with E-state index >= 15 is 0 Å². The van der Waals surface area contributed by atoms with E-state index in [4.69, 9.17) is 21.4 Å². The van der Waals surface area contributed by atoms with Gasteiger partial charge in [0.25, 0.3) is 5.91 Å². The second-order valence-electron chi connectivity index (χ2n) is 7.68. The first kappa shape index (κ1) is 21.5. The highest BCUT2D eigenvalue weighted by Crippen LogP contribution is 2.28. The molecule has 5 aromatic rings. The van der Waals surface area contributed by atoms with Crippen molar-refractivity contribution >= 4 is 50.9 Å². The Balaban J connectivity index is 1.37. The Labute approximate surface area is 200 Å². The number of nitrogens with zero attached hydrogens (tertiary/aromatic N) is 2. The summed E-state index contributed by atoms with van der Waals surface area (Å²) in [6.45, 7) is 1.94. The lowest BCUT2D eigenvalue weighted by molar-refractivity contribution is 0.0975. The second-order valence-corrected chi connectivity index (χ2v) is 8.09. The van der Waals surface area contributed by atoms with Crippen LogP contribution in [0.1, 0.15) is 15.9 Å². The van der Waals surface area contributed by atoms with Gasteiger partial charge in [0.1, 0.15) is 5.75 Å². The van der Waals surface area contributed by atoms with E-state index in [9.17, 15) is 4.79 Å². The number of carbonyl (C=O) groups excluding carboxylic acids is 1. The fourth-order valence-corrected chi connectivity index (χ4v) is 3.87. The van der Waals surface area contributed by atoms with Gasteiger partial charge in [-0.1, -0.05) is 30.3 Å². The van der Waals surface area contributed by atoms with E-state index in [1.807, 2.05) is 61.5 Å². The first-order valence-corrected chi connectivity index (χ1v) is 10.9. The zero-order valence-electron chi connectivity index (χ0n) is 18.5. The third kappa shape index (κ3) is 4.18. The van der Waals surface area contributed by atoms with Crippen molar-refractivity contribution in [3.63, 3.8) is 0 Å². The highest BCUT2D eigenvalue weighted by molar-refractivity contribution is 7.80. The third-order valence-electron chi connectivity index (χ3n) is 5.44. The number of ether oxygens (including phenoxy) is 1. The molecule has 0 atom stereocenters. The number of nitrogens with one attached hydrogen (secondary N) is 2. The van der Waals surface area contributed by atoms with Crippen molar-refractivity contribution in [3.8, 4) is 17.2 Å². The normalized spacial score (nSPS) is 10.9. The maximum Gasteiger partial charge on any atom is 0.261 e. The average molecular weight is 469 g/mol. The molecule has 2 heterocycles. The minimum Gasteiger partial charge on any atom is -0.496 e. The van der Waals surface area contributed by atoms with Crippen molar-refractivity contribution in [3.05, 3.63) is 84.1 Å². The van der Waals surface area contributed by atoms with Crippen LogP contribution in [-0.2, 0) is 0 Å². The molecule has 0 unspecified atom stereocenters. The Bertz CT molecular complexity index is 1530. The van der Waals surface area contributed by atoms with E-state index in [1.165, 1.54) is 7.11 Å². The number of aryl methyl sites for hydroxylation is 1. The summed E-state index contributed by atoms with van der Waals surface area (Å²) < 4.78 is 11.3. The molecule has 0 saturated heterocycles. The van der Waals surface area contributed by atoms with Crippen LogP contribution in [0.2, 0.25) is 0 Å². The number of thiocarbonyl (C=S) groups is 1. The number of fused-ring (bicyclic) bond motifs is 2. The van der Waals surface area contributed by atoms with Crippen molar-refractivity contribution < 1.29 is 13.9 Å². The number of hydrogen-bond acceptors (Lipinski definition) is 6. The lowest BCUT2D eigenvalue weighted by Crippen LogP contribution is -2.34. The quantitative estimate of drug-likeness (QED) is 0.337. The number of carbonyl (C=O) groups is 1. The van der Waals surface area contributed by atoms with E-state index in [0.29, 0.717) is 28.4 Å². The molecule has 168 valence electrons. The fourth-order valence-electron chi connectivity index (χ4n) is 3.67. The molecule has 0 radical (unpaired) electrons. The van der Waals surface area contributed by atoms with E-state index in [-0.39, 0.29) is 11.0 Å². The number of amides is 1. The van der Waals surface area contributed by atoms with Crippen LogP contribution in [0.25, 0.3) is 33.5 Å². The molecule has 0 saturated carbocycles. The molecule has 0 fully saturated rings. The number of oxazole rings is 1. The molecule has 2 aromatic heterocycles. The van der Waals surface area contributed by atoms with Crippen LogP contribution in [0, 0.1) is 6.92 Å². The Morgan fingerprint density at radius 1 is 1.03 bits per heavy atom. The first-order chi connectivity index (χ1) is 16.5. The Hall–Kier alpha value is -4.30. The number of hydrogen-bond donors (Lipinski definition) is 2. The summed E-state index contributed by atoms with van der Waals surface area (Å²) in [6, 6.07) is 20.7. The maximum atomic E-state index is 13.0. The van der Waals surface area contributed by atoms with Gasteiger partial charge in [-0.2, -0.15) is 4.98 Å². The summed E-state index contributed by atoms with van der Waals surface area (Å²) in [4.78, 5) is 21.6. The standard InChI is InChI=1S/C26H20N4O3S/c1-15-9-10-18(25-29-23-21(33-25)8-5-11-27-23)13-20(15)28-26(34)30-24(31)19-12-16-6-3-4-7-17(16)14-22(19)32-2/h3-14H,1-2H3,(H2,28,30,31,34). The summed E-state index contributed by atoms with van der Waals surface area (Å²) in [7, 11) is 1.54. The molecular formula is C26H20N4O3S. The third-order valence-corrected chi connectivity index (χ3v) is 5.64. The monoisotopic (exact) mass is 468 g/mol. The fraction of sp³-hybridized carbons (Fsp3) is 0.0769. The molecule has 0 bridgehead atoms. The van der Waals surface area contributed by atoms with Crippen molar-refractivity contribution in [2.24, 2.45) is 0 Å². The van der Waals surface area contributed by atoms with Crippen LogP contribution in [0.5, 0.6) is 5.75 Å². The lowest BCUT2D eigenvalue weighted by atomic mass is 10.1. The molecule has 8 heteroatoms. The van der Waals surface area contributed by atoms with Gasteiger partial charge in [0.15, 0.2) is 16.3 Å². The minimum atomic E-state index is -0.362. The van der Waals surface area contributed by atoms with Crippen molar-refractivity contribution in [2.75, 3.05) is 12.4 Å². The lowest BCUT2D eigenvalue weighted by Gasteiger charge is -2.14. The average Bonchev–Trinajstić information content (AvgIpc) is 3.28. The topological polar surface area (TPSA) is 89.3 Å². The zero-order chi connectivity index (χ0) is 23.7. The largest absolute Gasteiger partial charge is 0.496 e. The van der Waals surface area contributed by atoms with Crippen molar-refractivity contribution in [1.29, 1.82) is 0 Å². The Morgan fingerprint density at radius 2 is 1.82 bits per heavy atom. The van der Waals surface area contributed by atoms with E-state index < -0.39 is 0 Å². The SMILES string of the molecule is COc1cc2ccccc2cc1C(=O)NC(=S)Nc1cc(-c2nc3ncccc3o2)ccc1C. The zero-order valence-corrected chi connectivity index (χ0v) is 19.3. The Morgan fingerprint density at radius 3 is 2.59 bits per heavy atom. The summed E-state index contributed by atoms with van der Waals surface area (Å²) >= 11 is 5.43. The van der Waals surface area contributed by atoms with Gasteiger partial charge >= 0.3 is 0 Å². The number of benzene rings is 3. The number of anilines is 1. The highest BCUT2D eigenvalue weighted by Gasteiger charge is 2.16. The van der Waals surface area contributed by atoms with Gasteiger partial charge in [0.2, 0.25) is 5.89 Å². The molecule has 0 spiro atoms. The van der Waals surface area contributed by atoms with Crippen LogP contribution >= 0.6 is 12.2 Å². The predicted molar refractivity (Wildman–Crippen MR) is 136 cm³/mol. The van der Waals surface area contributed by atoms with Crippen LogP contribution < -0.4 is 15.4 Å². The summed E-state index contributed by atoms with van der Waals surface area (Å²) in [6.07, 6.45) is 1.67. The molecule has 7 nitrogen and oxygen atoms in total. The summed E-state index contributed by atoms with van der Waals surface area (Å²) in [5.74, 6) is 0.563. The molecule has 0 aliphatic heterocycles. The van der Waals surface area contributed by atoms with Crippen LogP contribution in [0.3, 0.4) is 0 Å². The highest BCUT2D eigenvalue weighted by atomic mass is 32.1. The molecule has 0 aliphatic rings. The minimum absolute atomic E-state index is 0.166. The predicted octanol–water partition coefficient (Wildman–Crippen LogP) is 5.49. The number of aromatic nitrogens is 2. The molecule has 1 amide bonds. The van der Waals surface area contributed by atoms with E-state index in [2.05, 4.69) is 20.6 Å². The van der Waals surface area contributed by atoms with Crippen LogP contribution in [-0.4, -0.2) is 28.1 Å².